The zero-order valence-corrected chi connectivity index (χ0v) is 58.6. The zero-order chi connectivity index (χ0) is 70.7. The number of hydrogen-bond acceptors (Lipinski definition) is 2. The summed E-state index contributed by atoms with van der Waals surface area (Å²) in [7, 11) is 0. The van der Waals surface area contributed by atoms with Crippen LogP contribution in [0.1, 0.15) is 0 Å². The van der Waals surface area contributed by atoms with Crippen LogP contribution >= 0.6 is 0 Å². The van der Waals surface area contributed by atoms with Gasteiger partial charge in [0, 0.05) is 32.3 Å². The Morgan fingerprint density at radius 3 is 0.861 bits per heavy atom. The lowest BCUT2D eigenvalue weighted by molar-refractivity contribution is 0.672. The van der Waals surface area contributed by atoms with Crippen LogP contribution in [0.25, 0.3) is 240 Å². The van der Waals surface area contributed by atoms with Gasteiger partial charge in [-0.3, -0.25) is 0 Å². The van der Waals surface area contributed by atoms with Gasteiger partial charge in [-0.05, 0) is 221 Å². The molecular formula is C106H62O2. The van der Waals surface area contributed by atoms with Crippen molar-refractivity contribution in [1.82, 2.24) is 0 Å². The highest BCUT2D eigenvalue weighted by Crippen LogP contribution is 2.52. The molecular weight excluding hydrogens is 1310 g/mol. The quantitative estimate of drug-likeness (QED) is 0.127. The Balaban J connectivity index is 0.000000131. The van der Waals surface area contributed by atoms with E-state index in [-0.39, 0.29) is 0 Å². The van der Waals surface area contributed by atoms with E-state index in [0.29, 0.717) is 0 Å². The molecule has 0 radical (unpaired) electrons. The van der Waals surface area contributed by atoms with Gasteiger partial charge in [-0.25, -0.2) is 0 Å². The number of hydrogen-bond donors (Lipinski definition) is 0. The van der Waals surface area contributed by atoms with Crippen molar-refractivity contribution in [2.45, 2.75) is 0 Å². The summed E-state index contributed by atoms with van der Waals surface area (Å²) < 4.78 is 13.4. The van der Waals surface area contributed by atoms with Gasteiger partial charge in [-0.15, -0.1) is 0 Å². The molecule has 2 nitrogen and oxygen atoms in total. The summed E-state index contributed by atoms with van der Waals surface area (Å²) in [5.41, 5.74) is 16.1. The molecule has 0 atom stereocenters. The fourth-order valence-corrected chi connectivity index (χ4v) is 18.9. The van der Waals surface area contributed by atoms with E-state index in [9.17, 15) is 0 Å². The maximum absolute atomic E-state index is 6.75. The molecule has 2 heteroatoms. The van der Waals surface area contributed by atoms with Crippen molar-refractivity contribution >= 4 is 184 Å². The van der Waals surface area contributed by atoms with Gasteiger partial charge >= 0.3 is 0 Å². The van der Waals surface area contributed by atoms with Crippen LogP contribution in [0.5, 0.6) is 0 Å². The standard InChI is InChI=1S/C56H32O.C50H30O/c1-2-19-38-34(15-1)35-16-3-7-21-40(35)53-41-22-8-5-20-39(41)49(32-48(38)53)54-45-26-12-10-24-43(45)52(44-25-11-13-27-46(44)54)33-29-30-51-50(31-33)55-42-23-9-4-17-36(42)37-18-6-14-28-47(37)56(55)57-51;1-2-17-35-31(13-1)14-12-26-36(35)32-15-11-16-33(29-32)47-40-21-6-8-23-42(40)48(43-24-9-7-22-41(43)47)34-27-28-46-45(30-34)49-39-20-5-3-18-37(39)38-19-4-10-25-44(38)50(49)51-46/h1-32H;1-30H. The van der Waals surface area contributed by atoms with E-state index in [1.165, 1.54) is 196 Å². The van der Waals surface area contributed by atoms with Crippen molar-refractivity contribution < 1.29 is 8.83 Å². The first-order chi connectivity index (χ1) is 53.6. The molecule has 0 bridgehead atoms. The van der Waals surface area contributed by atoms with Crippen molar-refractivity contribution in [1.29, 1.82) is 0 Å². The van der Waals surface area contributed by atoms with Crippen LogP contribution in [0.15, 0.2) is 385 Å². The van der Waals surface area contributed by atoms with Gasteiger partial charge < -0.3 is 8.83 Å². The molecule has 0 unspecified atom stereocenters. The molecule has 0 saturated carbocycles. The van der Waals surface area contributed by atoms with E-state index < -0.39 is 0 Å². The SMILES string of the molecule is c1cc(-c2cccc3ccccc23)cc(-c2c3ccccc3c(-c3ccc4oc5c6ccccc6c6ccccc6c5c4c3)c3ccccc23)c1.c1ccc2c(-c3cc4c5ccccc5c5ccccc5c4c4ccccc34)c3ccccc3c(-c3ccc4oc5c6ccccc6c6ccccc6c5c4c3)c2c1. The predicted molar refractivity (Wildman–Crippen MR) is 462 cm³/mol. The summed E-state index contributed by atoms with van der Waals surface area (Å²) in [5.74, 6) is 0. The minimum Gasteiger partial charge on any atom is -0.455 e. The molecule has 0 amide bonds. The van der Waals surface area contributed by atoms with E-state index in [2.05, 4.69) is 376 Å². The van der Waals surface area contributed by atoms with Gasteiger partial charge in [-0.1, -0.05) is 340 Å². The lowest BCUT2D eigenvalue weighted by Gasteiger charge is -2.20. The molecule has 0 saturated heterocycles. The Hall–Kier alpha value is -14.2. The van der Waals surface area contributed by atoms with Gasteiger partial charge in [-0.2, -0.15) is 0 Å². The smallest absolute Gasteiger partial charge is 0.143 e. The van der Waals surface area contributed by atoms with Crippen LogP contribution in [0.3, 0.4) is 0 Å². The van der Waals surface area contributed by atoms with E-state index in [4.69, 9.17) is 8.83 Å². The number of benzene rings is 22. The molecule has 22 aromatic carbocycles. The Labute approximate surface area is 620 Å². The Kier molecular flexibility index (Phi) is 13.2. The lowest BCUT2D eigenvalue weighted by atomic mass is 9.82. The maximum Gasteiger partial charge on any atom is 0.143 e. The van der Waals surface area contributed by atoms with Crippen molar-refractivity contribution in [2.24, 2.45) is 0 Å². The van der Waals surface area contributed by atoms with Crippen molar-refractivity contribution in [2.75, 3.05) is 0 Å². The lowest BCUT2D eigenvalue weighted by Crippen LogP contribution is -1.93. The van der Waals surface area contributed by atoms with Crippen LogP contribution in [-0.4, -0.2) is 0 Å². The highest BCUT2D eigenvalue weighted by Gasteiger charge is 2.25. The number of furan rings is 2. The number of rotatable bonds is 5. The molecule has 498 valence electrons. The Morgan fingerprint density at radius 2 is 0.426 bits per heavy atom. The normalized spacial score (nSPS) is 12.1. The second-order valence-electron chi connectivity index (χ2n) is 29.0. The molecule has 24 rings (SSSR count). The van der Waals surface area contributed by atoms with Crippen molar-refractivity contribution in [3.05, 3.63) is 376 Å². The zero-order valence-electron chi connectivity index (χ0n) is 58.6. The predicted octanol–water partition coefficient (Wildman–Crippen LogP) is 30.5. The van der Waals surface area contributed by atoms with Crippen LogP contribution in [0.2, 0.25) is 0 Å². The summed E-state index contributed by atoms with van der Waals surface area (Å²) in [6.45, 7) is 0. The Bertz CT molecular complexity index is 7880. The highest BCUT2D eigenvalue weighted by atomic mass is 16.3. The van der Waals surface area contributed by atoms with Gasteiger partial charge in [0.15, 0.2) is 0 Å². The second kappa shape index (κ2) is 23.7. The van der Waals surface area contributed by atoms with Crippen LogP contribution < -0.4 is 0 Å². The molecule has 0 aliphatic heterocycles. The molecule has 0 aliphatic rings. The minimum absolute atomic E-state index is 0.905. The molecule has 0 spiro atoms. The van der Waals surface area contributed by atoms with Crippen molar-refractivity contribution in [3.8, 4) is 55.6 Å². The average Bonchev–Trinajstić information content (AvgIpc) is 0.809. The summed E-state index contributed by atoms with van der Waals surface area (Å²) >= 11 is 0. The van der Waals surface area contributed by atoms with E-state index in [0.717, 1.165) is 43.9 Å². The Morgan fingerprint density at radius 1 is 0.139 bits per heavy atom. The second-order valence-corrected chi connectivity index (χ2v) is 29.0. The fraction of sp³-hybridized carbons (Fsp3) is 0. The molecule has 2 aromatic heterocycles. The minimum atomic E-state index is 0.905. The molecule has 24 aromatic rings. The third-order valence-corrected chi connectivity index (χ3v) is 23.4. The molecule has 0 fully saturated rings. The fourth-order valence-electron chi connectivity index (χ4n) is 18.9. The van der Waals surface area contributed by atoms with Gasteiger partial charge in [0.05, 0.1) is 0 Å². The third-order valence-electron chi connectivity index (χ3n) is 23.4. The summed E-state index contributed by atoms with van der Waals surface area (Å²) in [4.78, 5) is 0. The largest absolute Gasteiger partial charge is 0.455 e. The van der Waals surface area contributed by atoms with E-state index in [1.54, 1.807) is 0 Å². The summed E-state index contributed by atoms with van der Waals surface area (Å²) in [6, 6.07) is 138. The molecule has 108 heavy (non-hydrogen) atoms. The molecule has 0 aliphatic carbocycles. The van der Waals surface area contributed by atoms with Crippen LogP contribution in [-0.2, 0) is 0 Å². The summed E-state index contributed by atoms with van der Waals surface area (Å²) in [5, 5.41) is 37.1. The van der Waals surface area contributed by atoms with Crippen LogP contribution in [0.4, 0.5) is 0 Å². The number of fused-ring (bicyclic) bond motifs is 29. The van der Waals surface area contributed by atoms with Gasteiger partial charge in [0.1, 0.15) is 22.3 Å². The van der Waals surface area contributed by atoms with Crippen molar-refractivity contribution in [3.63, 3.8) is 0 Å². The monoisotopic (exact) mass is 1370 g/mol. The maximum atomic E-state index is 6.75. The van der Waals surface area contributed by atoms with Gasteiger partial charge in [0.25, 0.3) is 0 Å². The van der Waals surface area contributed by atoms with E-state index in [1.807, 2.05) is 0 Å². The molecule has 0 N–H and O–H groups in total. The van der Waals surface area contributed by atoms with Crippen LogP contribution in [0, 0.1) is 0 Å². The first kappa shape index (κ1) is 60.3. The summed E-state index contributed by atoms with van der Waals surface area (Å²) in [6.07, 6.45) is 0. The topological polar surface area (TPSA) is 26.3 Å². The third kappa shape index (κ3) is 8.89. The van der Waals surface area contributed by atoms with E-state index >= 15 is 0 Å². The first-order valence-corrected chi connectivity index (χ1v) is 37.4. The highest BCUT2D eigenvalue weighted by molar-refractivity contribution is 6.37. The first-order valence-electron chi connectivity index (χ1n) is 37.4. The average molecular weight is 1370 g/mol. The molecule has 2 heterocycles. The van der Waals surface area contributed by atoms with Gasteiger partial charge in [0.2, 0.25) is 0 Å².